The second-order valence-electron chi connectivity index (χ2n) is 3.82. The lowest BCUT2D eigenvalue weighted by Gasteiger charge is -2.18. The first-order valence-electron chi connectivity index (χ1n) is 3.76. The third kappa shape index (κ3) is 2.02. The van der Waals surface area contributed by atoms with Gasteiger partial charge in [0, 0.05) is 5.56 Å². The van der Waals surface area contributed by atoms with E-state index in [0.717, 1.165) is 0 Å². The molecule has 0 amide bonds. The molecule has 13 heavy (non-hydrogen) atoms. The van der Waals surface area contributed by atoms with Crippen LogP contribution in [-0.4, -0.2) is 10.2 Å². The Balaban J connectivity index is 3.19. The quantitative estimate of drug-likeness (QED) is 0.670. The molecule has 73 valence electrons. The van der Waals surface area contributed by atoms with Gasteiger partial charge in [-0.3, -0.25) is 5.10 Å². The van der Waals surface area contributed by atoms with E-state index in [9.17, 15) is 13.2 Å². The monoisotopic (exact) mass is 191 g/mol. The smallest absolute Gasteiger partial charge is 0.275 e. The van der Waals surface area contributed by atoms with Gasteiger partial charge in [0.15, 0.2) is 5.69 Å². The Bertz CT molecular complexity index is 265. The number of halogens is 3. The van der Waals surface area contributed by atoms with E-state index in [4.69, 9.17) is 0 Å². The lowest BCUT2D eigenvalue weighted by Crippen LogP contribution is -2.18. The standard InChI is InChI=1S/C8H10F3N2/c1-7(2,3)5-4-12-13-6(5)8(9,10)11/h1-3H3,(H,12,13). The molecule has 0 unspecified atom stereocenters. The molecular weight excluding hydrogens is 181 g/mol. The summed E-state index contributed by atoms with van der Waals surface area (Å²) in [6.45, 7) is 5.05. The van der Waals surface area contributed by atoms with Crippen molar-refractivity contribution in [1.82, 2.24) is 10.2 Å². The van der Waals surface area contributed by atoms with Gasteiger partial charge < -0.3 is 0 Å². The van der Waals surface area contributed by atoms with E-state index < -0.39 is 17.3 Å². The normalized spacial score (nSPS) is 13.4. The molecule has 5 heteroatoms. The average Bonchev–Trinajstić information content (AvgIpc) is 2.27. The van der Waals surface area contributed by atoms with Crippen LogP contribution in [0.2, 0.25) is 0 Å². The van der Waals surface area contributed by atoms with Crippen molar-refractivity contribution in [2.45, 2.75) is 32.4 Å². The van der Waals surface area contributed by atoms with Crippen LogP contribution in [0.3, 0.4) is 0 Å². The van der Waals surface area contributed by atoms with E-state index in [1.807, 2.05) is 0 Å². The Hall–Kier alpha value is -1.00. The van der Waals surface area contributed by atoms with Crippen LogP contribution in [0.15, 0.2) is 0 Å². The van der Waals surface area contributed by atoms with Crippen LogP contribution in [0, 0.1) is 6.20 Å². The number of nitrogens with zero attached hydrogens (tertiary/aromatic N) is 1. The summed E-state index contributed by atoms with van der Waals surface area (Å²) in [5.74, 6) is 0. The van der Waals surface area contributed by atoms with Gasteiger partial charge in [0.1, 0.15) is 0 Å². The second kappa shape index (κ2) is 2.75. The van der Waals surface area contributed by atoms with Crippen molar-refractivity contribution in [3.05, 3.63) is 17.5 Å². The summed E-state index contributed by atoms with van der Waals surface area (Å²) < 4.78 is 36.9. The minimum Gasteiger partial charge on any atom is -0.275 e. The largest absolute Gasteiger partial charge is 0.435 e. The maximum absolute atomic E-state index is 12.3. The minimum atomic E-state index is -4.40. The number of alkyl halides is 3. The minimum absolute atomic E-state index is 0.0694. The molecular formula is C8H10F3N2. The van der Waals surface area contributed by atoms with Crippen LogP contribution in [-0.2, 0) is 11.6 Å². The zero-order valence-corrected chi connectivity index (χ0v) is 7.58. The van der Waals surface area contributed by atoms with Gasteiger partial charge in [0.25, 0.3) is 0 Å². The van der Waals surface area contributed by atoms with E-state index >= 15 is 0 Å². The van der Waals surface area contributed by atoms with Crippen LogP contribution < -0.4 is 0 Å². The average molecular weight is 191 g/mol. The molecule has 0 aromatic carbocycles. The molecule has 2 nitrogen and oxygen atoms in total. The summed E-state index contributed by atoms with van der Waals surface area (Å²) in [5, 5.41) is 5.26. The summed E-state index contributed by atoms with van der Waals surface area (Å²) in [4.78, 5) is 0. The predicted octanol–water partition coefficient (Wildman–Crippen LogP) is 2.53. The Labute approximate surface area is 74.1 Å². The third-order valence-electron chi connectivity index (χ3n) is 1.60. The van der Waals surface area contributed by atoms with Gasteiger partial charge in [-0.25, -0.2) is 0 Å². The summed E-state index contributed by atoms with van der Waals surface area (Å²) in [6.07, 6.45) is -2.01. The fourth-order valence-electron chi connectivity index (χ4n) is 1.00. The second-order valence-corrected chi connectivity index (χ2v) is 3.82. The summed E-state index contributed by atoms with van der Waals surface area (Å²) in [7, 11) is 0. The van der Waals surface area contributed by atoms with Crippen LogP contribution >= 0.6 is 0 Å². The fourth-order valence-corrected chi connectivity index (χ4v) is 1.00. The topological polar surface area (TPSA) is 28.7 Å². The molecule has 0 aliphatic rings. The number of H-pyrrole nitrogens is 1. The first-order valence-corrected chi connectivity index (χ1v) is 3.76. The van der Waals surface area contributed by atoms with Gasteiger partial charge in [-0.1, -0.05) is 20.8 Å². The fraction of sp³-hybridized carbons (Fsp3) is 0.625. The van der Waals surface area contributed by atoms with Crippen molar-refractivity contribution < 1.29 is 13.2 Å². The molecule has 1 radical (unpaired) electrons. The van der Waals surface area contributed by atoms with Gasteiger partial charge >= 0.3 is 6.18 Å². The number of aromatic amines is 1. The first-order chi connectivity index (χ1) is 5.73. The van der Waals surface area contributed by atoms with Gasteiger partial charge in [-0.15, -0.1) is 0 Å². The summed E-state index contributed by atoms with van der Waals surface area (Å²) in [6, 6.07) is 0. The molecule has 1 aromatic heterocycles. The summed E-state index contributed by atoms with van der Waals surface area (Å²) in [5.41, 5.74) is -1.40. The van der Waals surface area contributed by atoms with Crippen LogP contribution in [0.5, 0.6) is 0 Å². The molecule has 0 saturated carbocycles. The van der Waals surface area contributed by atoms with E-state index in [1.165, 1.54) is 0 Å². The lowest BCUT2D eigenvalue weighted by molar-refractivity contribution is -0.142. The van der Waals surface area contributed by atoms with Crippen molar-refractivity contribution in [3.63, 3.8) is 0 Å². The number of rotatable bonds is 0. The maximum atomic E-state index is 12.3. The number of nitrogens with one attached hydrogen (secondary N) is 1. The molecule has 0 aliphatic carbocycles. The number of hydrogen-bond donors (Lipinski definition) is 1. The number of hydrogen-bond acceptors (Lipinski definition) is 1. The van der Waals surface area contributed by atoms with E-state index in [-0.39, 0.29) is 5.56 Å². The third-order valence-corrected chi connectivity index (χ3v) is 1.60. The molecule has 1 aromatic rings. The molecule has 1 N–H and O–H groups in total. The lowest BCUT2D eigenvalue weighted by atomic mass is 9.87. The Morgan fingerprint density at radius 3 is 2.08 bits per heavy atom. The Kier molecular flexibility index (Phi) is 2.13. The molecule has 0 aliphatic heterocycles. The first kappa shape index (κ1) is 10.1. The SMILES string of the molecule is CC(C)(C)c1[c][nH]nc1C(F)(F)F. The van der Waals surface area contributed by atoms with Crippen molar-refractivity contribution in [2.24, 2.45) is 0 Å². The maximum Gasteiger partial charge on any atom is 0.435 e. The van der Waals surface area contributed by atoms with Crippen molar-refractivity contribution in [2.75, 3.05) is 0 Å². The Morgan fingerprint density at radius 1 is 1.23 bits per heavy atom. The highest BCUT2D eigenvalue weighted by Crippen LogP contribution is 2.35. The highest BCUT2D eigenvalue weighted by Gasteiger charge is 2.39. The molecule has 0 spiro atoms. The highest BCUT2D eigenvalue weighted by atomic mass is 19.4. The molecule has 0 atom stereocenters. The Morgan fingerprint density at radius 2 is 1.77 bits per heavy atom. The molecule has 0 fully saturated rings. The molecule has 0 bridgehead atoms. The van der Waals surface area contributed by atoms with Crippen molar-refractivity contribution in [1.29, 1.82) is 0 Å². The predicted molar refractivity (Wildman–Crippen MR) is 41.1 cm³/mol. The molecule has 1 heterocycles. The zero-order chi connectivity index (χ0) is 10.3. The van der Waals surface area contributed by atoms with Crippen molar-refractivity contribution in [3.8, 4) is 0 Å². The zero-order valence-electron chi connectivity index (χ0n) is 7.58. The van der Waals surface area contributed by atoms with Crippen molar-refractivity contribution >= 4 is 0 Å². The van der Waals surface area contributed by atoms with Gasteiger partial charge in [0.05, 0.1) is 6.20 Å². The van der Waals surface area contributed by atoms with Gasteiger partial charge in [-0.05, 0) is 5.41 Å². The van der Waals surface area contributed by atoms with E-state index in [0.29, 0.717) is 0 Å². The highest BCUT2D eigenvalue weighted by molar-refractivity contribution is 5.25. The molecule has 0 saturated heterocycles. The van der Waals surface area contributed by atoms with Crippen LogP contribution in [0.4, 0.5) is 13.2 Å². The summed E-state index contributed by atoms with van der Waals surface area (Å²) >= 11 is 0. The van der Waals surface area contributed by atoms with Crippen LogP contribution in [0.25, 0.3) is 0 Å². The van der Waals surface area contributed by atoms with E-state index in [2.05, 4.69) is 16.4 Å². The van der Waals surface area contributed by atoms with Crippen LogP contribution in [0.1, 0.15) is 32.0 Å². The van der Waals surface area contributed by atoms with Gasteiger partial charge in [0.2, 0.25) is 0 Å². The van der Waals surface area contributed by atoms with Gasteiger partial charge in [-0.2, -0.15) is 18.3 Å². The van der Waals surface area contributed by atoms with E-state index in [1.54, 1.807) is 20.8 Å². The number of aromatic nitrogens is 2. The molecule has 1 rings (SSSR count).